The van der Waals surface area contributed by atoms with E-state index in [-0.39, 0.29) is 29.2 Å². The second kappa shape index (κ2) is 9.28. The fourth-order valence-corrected chi connectivity index (χ4v) is 5.26. The van der Waals surface area contributed by atoms with Gasteiger partial charge < -0.3 is 5.11 Å². The van der Waals surface area contributed by atoms with Gasteiger partial charge in [0, 0.05) is 23.0 Å². The van der Waals surface area contributed by atoms with E-state index < -0.39 is 5.97 Å². The molecule has 1 saturated carbocycles. The van der Waals surface area contributed by atoms with Gasteiger partial charge in [0.05, 0.1) is 0 Å². The van der Waals surface area contributed by atoms with Gasteiger partial charge in [-0.2, -0.15) is 0 Å². The van der Waals surface area contributed by atoms with Crippen molar-refractivity contribution in [1.82, 2.24) is 9.78 Å². The number of carbonyl (C=O) groups excluding carboxylic acids is 1. The van der Waals surface area contributed by atoms with E-state index in [0.717, 1.165) is 41.1 Å². The maximum Gasteiger partial charge on any atom is 0.341 e. The average Bonchev–Trinajstić information content (AvgIpc) is 3.42. The molecule has 2 heterocycles. The maximum atomic E-state index is 13.4. The molecule has 0 unspecified atom stereocenters. The Hall–Kier alpha value is -2.93. The van der Waals surface area contributed by atoms with Gasteiger partial charge in [0.15, 0.2) is 5.82 Å². The number of hydrogen-bond donors (Lipinski definition) is 1. The lowest BCUT2D eigenvalue weighted by molar-refractivity contribution is -0.123. The van der Waals surface area contributed by atoms with E-state index in [0.29, 0.717) is 5.92 Å². The van der Waals surface area contributed by atoms with Crippen LogP contribution in [-0.4, -0.2) is 32.8 Å². The van der Waals surface area contributed by atoms with Gasteiger partial charge in [0.1, 0.15) is 10.6 Å². The van der Waals surface area contributed by atoms with Gasteiger partial charge in [0.2, 0.25) is 5.91 Å². The minimum absolute atomic E-state index is 0.0178. The number of nitrogens with zero attached hydrogens (tertiary/aromatic N) is 3. The van der Waals surface area contributed by atoms with Gasteiger partial charge in [-0.15, -0.1) is 16.4 Å². The first-order valence-electron chi connectivity index (χ1n) is 11.2. The number of thiophene rings is 1. The molecular weight excluding hydrogens is 422 g/mol. The SMILES string of the molecule is CC(C)N(c1nn(-c2ccc(-c3ccccc3)s2)cc1C(=O)O)C(=O)[C@H]1CC[C@H](C)CC1. The number of aromatic carboxylic acids is 1. The van der Waals surface area contributed by atoms with E-state index in [1.54, 1.807) is 9.58 Å². The van der Waals surface area contributed by atoms with Crippen LogP contribution in [0.4, 0.5) is 5.82 Å². The number of benzene rings is 1. The first kappa shape index (κ1) is 22.3. The third kappa shape index (κ3) is 4.48. The highest BCUT2D eigenvalue weighted by Crippen LogP contribution is 2.34. The molecule has 1 N–H and O–H groups in total. The van der Waals surface area contributed by atoms with Gasteiger partial charge in [-0.25, -0.2) is 9.48 Å². The van der Waals surface area contributed by atoms with Gasteiger partial charge in [-0.1, -0.05) is 37.3 Å². The zero-order valence-electron chi connectivity index (χ0n) is 18.7. The lowest BCUT2D eigenvalue weighted by atomic mass is 9.82. The summed E-state index contributed by atoms with van der Waals surface area (Å²) in [6, 6.07) is 13.8. The van der Waals surface area contributed by atoms with Crippen molar-refractivity contribution >= 4 is 29.0 Å². The summed E-state index contributed by atoms with van der Waals surface area (Å²) < 4.78 is 1.58. The molecule has 168 valence electrons. The van der Waals surface area contributed by atoms with E-state index in [1.165, 1.54) is 17.5 Å². The summed E-state index contributed by atoms with van der Waals surface area (Å²) in [6.45, 7) is 6.04. The fourth-order valence-electron chi connectivity index (χ4n) is 4.32. The molecule has 1 aliphatic carbocycles. The molecule has 0 saturated heterocycles. The summed E-state index contributed by atoms with van der Waals surface area (Å²) in [5, 5.41) is 15.3. The lowest BCUT2D eigenvalue weighted by Gasteiger charge is -2.32. The summed E-state index contributed by atoms with van der Waals surface area (Å²) in [5.41, 5.74) is 1.14. The van der Waals surface area contributed by atoms with Crippen molar-refractivity contribution in [2.24, 2.45) is 11.8 Å². The Bertz CT molecular complexity index is 1090. The normalized spacial score (nSPS) is 18.6. The molecule has 0 radical (unpaired) electrons. The van der Waals surface area contributed by atoms with Crippen molar-refractivity contribution in [2.75, 3.05) is 4.90 Å². The standard InChI is InChI=1S/C25H29N3O3S/c1-16(2)28(24(29)19-11-9-17(3)10-12-19)23-20(25(30)31)15-27(26-23)22-14-13-21(32-22)18-7-5-4-6-8-18/h4-8,13-17,19H,9-12H2,1-3H3,(H,30,31)/t17-,19-. The number of aromatic nitrogens is 2. The molecule has 32 heavy (non-hydrogen) atoms. The molecule has 7 heteroatoms. The second-order valence-electron chi connectivity index (χ2n) is 8.88. The molecule has 1 fully saturated rings. The minimum atomic E-state index is -1.08. The molecule has 0 aliphatic heterocycles. The Labute approximate surface area is 192 Å². The predicted octanol–water partition coefficient (Wildman–Crippen LogP) is 5.87. The third-order valence-electron chi connectivity index (χ3n) is 6.15. The molecule has 4 rings (SSSR count). The van der Waals surface area contributed by atoms with Crippen LogP contribution in [0.15, 0.2) is 48.7 Å². The van der Waals surface area contributed by atoms with E-state index in [2.05, 4.69) is 12.0 Å². The van der Waals surface area contributed by atoms with Crippen LogP contribution in [-0.2, 0) is 4.79 Å². The van der Waals surface area contributed by atoms with Crippen LogP contribution in [0.1, 0.15) is 56.8 Å². The Kier molecular flexibility index (Phi) is 6.46. The van der Waals surface area contributed by atoms with Crippen molar-refractivity contribution in [1.29, 1.82) is 0 Å². The molecule has 1 aliphatic rings. The Balaban J connectivity index is 1.68. The number of carboxylic acids is 1. The van der Waals surface area contributed by atoms with E-state index in [4.69, 9.17) is 0 Å². The Morgan fingerprint density at radius 2 is 1.78 bits per heavy atom. The number of rotatable bonds is 6. The molecule has 3 aromatic rings. The second-order valence-corrected chi connectivity index (χ2v) is 9.94. The van der Waals surface area contributed by atoms with Crippen molar-refractivity contribution in [3.8, 4) is 15.4 Å². The Morgan fingerprint density at radius 3 is 2.41 bits per heavy atom. The van der Waals surface area contributed by atoms with Crippen molar-refractivity contribution < 1.29 is 14.7 Å². The monoisotopic (exact) mass is 451 g/mol. The molecule has 0 bridgehead atoms. The summed E-state index contributed by atoms with van der Waals surface area (Å²) >= 11 is 1.53. The van der Waals surface area contributed by atoms with E-state index in [9.17, 15) is 14.7 Å². The number of carbonyl (C=O) groups is 2. The first-order valence-corrected chi connectivity index (χ1v) is 12.0. The van der Waals surface area contributed by atoms with Crippen LogP contribution >= 0.6 is 11.3 Å². The number of hydrogen-bond acceptors (Lipinski definition) is 4. The van der Waals surface area contributed by atoms with Crippen molar-refractivity contribution in [3.05, 3.63) is 54.2 Å². The van der Waals surface area contributed by atoms with Crippen LogP contribution in [0.25, 0.3) is 15.4 Å². The quantitative estimate of drug-likeness (QED) is 0.509. The van der Waals surface area contributed by atoms with Crippen LogP contribution in [0, 0.1) is 11.8 Å². The number of anilines is 1. The molecule has 0 spiro atoms. The molecule has 6 nitrogen and oxygen atoms in total. The zero-order chi connectivity index (χ0) is 22.8. The Morgan fingerprint density at radius 1 is 1.09 bits per heavy atom. The molecule has 1 aromatic carbocycles. The van der Waals surface area contributed by atoms with E-state index in [1.807, 2.05) is 56.3 Å². The number of carboxylic acid groups (broad SMARTS) is 1. The average molecular weight is 452 g/mol. The topological polar surface area (TPSA) is 75.4 Å². The van der Waals surface area contributed by atoms with Crippen molar-refractivity contribution in [3.63, 3.8) is 0 Å². The summed E-state index contributed by atoms with van der Waals surface area (Å²) in [7, 11) is 0. The highest BCUT2D eigenvalue weighted by Gasteiger charge is 2.34. The number of amides is 1. The summed E-state index contributed by atoms with van der Waals surface area (Å²) in [6.07, 6.45) is 5.26. The van der Waals surface area contributed by atoms with Crippen molar-refractivity contribution in [2.45, 2.75) is 52.5 Å². The fraction of sp³-hybridized carbons (Fsp3) is 0.400. The predicted molar refractivity (Wildman–Crippen MR) is 128 cm³/mol. The molecule has 0 atom stereocenters. The summed E-state index contributed by atoms with van der Waals surface area (Å²) in [4.78, 5) is 28.2. The van der Waals surface area contributed by atoms with Gasteiger partial charge in [-0.05, 0) is 63.1 Å². The van der Waals surface area contributed by atoms with Gasteiger partial charge >= 0.3 is 5.97 Å². The minimum Gasteiger partial charge on any atom is -0.477 e. The van der Waals surface area contributed by atoms with Crippen LogP contribution in [0.5, 0.6) is 0 Å². The van der Waals surface area contributed by atoms with Crippen LogP contribution in [0.2, 0.25) is 0 Å². The zero-order valence-corrected chi connectivity index (χ0v) is 19.5. The third-order valence-corrected chi connectivity index (χ3v) is 7.27. The largest absolute Gasteiger partial charge is 0.477 e. The molecule has 2 aromatic heterocycles. The molecular formula is C25H29N3O3S. The smallest absolute Gasteiger partial charge is 0.341 e. The van der Waals surface area contributed by atoms with Crippen LogP contribution < -0.4 is 4.90 Å². The van der Waals surface area contributed by atoms with Gasteiger partial charge in [-0.3, -0.25) is 9.69 Å². The van der Waals surface area contributed by atoms with E-state index >= 15 is 0 Å². The maximum absolute atomic E-state index is 13.4. The lowest BCUT2D eigenvalue weighted by Crippen LogP contribution is -2.43. The van der Waals surface area contributed by atoms with Gasteiger partial charge in [0.25, 0.3) is 0 Å². The summed E-state index contributed by atoms with van der Waals surface area (Å²) in [5.74, 6) is -0.312. The first-order chi connectivity index (χ1) is 15.3. The van der Waals surface area contributed by atoms with Crippen LogP contribution in [0.3, 0.4) is 0 Å². The highest BCUT2D eigenvalue weighted by atomic mass is 32.1. The molecule has 1 amide bonds. The highest BCUT2D eigenvalue weighted by molar-refractivity contribution is 7.17.